The number of nitrogens with one attached hydrogen (secondary N) is 3. The maximum atomic E-state index is 14.8. The van der Waals surface area contributed by atoms with Crippen molar-refractivity contribution >= 4 is 46.7 Å². The Morgan fingerprint density at radius 2 is 1.72 bits per heavy atom. The van der Waals surface area contributed by atoms with Crippen molar-refractivity contribution in [3.63, 3.8) is 0 Å². The van der Waals surface area contributed by atoms with Crippen LogP contribution < -0.4 is 25.4 Å². The summed E-state index contributed by atoms with van der Waals surface area (Å²) in [6.07, 6.45) is 3.03. The number of amides is 4. The molecule has 0 bridgehead atoms. The highest BCUT2D eigenvalue weighted by Gasteiger charge is 2.56. The molecular formula is C39H48ClN5O8. The van der Waals surface area contributed by atoms with Crippen LogP contribution in [0.15, 0.2) is 47.6 Å². The van der Waals surface area contributed by atoms with Crippen LogP contribution in [-0.4, -0.2) is 91.6 Å². The molecule has 13 nitrogen and oxygen atoms in total. The first kappa shape index (κ1) is 38.1. The highest BCUT2D eigenvalue weighted by molar-refractivity contribution is 6.38. The summed E-state index contributed by atoms with van der Waals surface area (Å²) in [5.41, 5.74) is 0.278. The number of benzene rings is 2. The average molecular weight is 750 g/mol. The number of rotatable bonds is 13. The van der Waals surface area contributed by atoms with Crippen LogP contribution in [0.25, 0.3) is 0 Å². The number of Topliss-reactive ketones (excluding diaryl/α,β-unsaturated/α-hetero) is 1. The predicted octanol–water partition coefficient (Wildman–Crippen LogP) is 3.76. The first-order chi connectivity index (χ1) is 25.2. The molecule has 3 fully saturated rings. The summed E-state index contributed by atoms with van der Waals surface area (Å²) in [5, 5.41) is 13.0. The van der Waals surface area contributed by atoms with Gasteiger partial charge >= 0.3 is 0 Å². The van der Waals surface area contributed by atoms with Gasteiger partial charge in [0.1, 0.15) is 23.6 Å². The van der Waals surface area contributed by atoms with Crippen molar-refractivity contribution in [3.8, 4) is 11.5 Å². The zero-order valence-corrected chi connectivity index (χ0v) is 31.7. The summed E-state index contributed by atoms with van der Waals surface area (Å²) in [7, 11) is 4.37. The number of ether oxygens (including phenoxy) is 2. The fourth-order valence-electron chi connectivity index (χ4n) is 7.44. The first-order valence-corrected chi connectivity index (χ1v) is 18.5. The molecule has 284 valence electrons. The lowest BCUT2D eigenvalue weighted by molar-refractivity contribution is -0.145. The summed E-state index contributed by atoms with van der Waals surface area (Å²) in [4.78, 5) is 75.8. The van der Waals surface area contributed by atoms with Crippen LogP contribution in [0.2, 0.25) is 5.02 Å². The fraction of sp³-hybridized carbons (Fsp3) is 0.538. The smallest absolute Gasteiger partial charge is 0.289 e. The van der Waals surface area contributed by atoms with Crippen LogP contribution >= 0.6 is 11.6 Å². The molecule has 2 heterocycles. The average Bonchev–Trinajstić information content (AvgIpc) is 4.07. The Morgan fingerprint density at radius 1 is 1.02 bits per heavy atom. The van der Waals surface area contributed by atoms with Gasteiger partial charge < -0.3 is 35.2 Å². The number of nitrogens with zero attached hydrogens (tertiary/aromatic N) is 2. The van der Waals surface area contributed by atoms with Gasteiger partial charge in [-0.1, -0.05) is 80.7 Å². The normalized spacial score (nSPS) is 24.4. The van der Waals surface area contributed by atoms with Crippen molar-refractivity contribution in [1.29, 1.82) is 0 Å². The Labute approximate surface area is 314 Å². The van der Waals surface area contributed by atoms with Gasteiger partial charge in [0.15, 0.2) is 5.60 Å². The number of likely N-dealkylation sites (tertiary alicyclic amines) is 1. The van der Waals surface area contributed by atoms with Gasteiger partial charge in [-0.2, -0.15) is 0 Å². The van der Waals surface area contributed by atoms with Gasteiger partial charge in [0, 0.05) is 37.4 Å². The minimum absolute atomic E-state index is 0.0294. The first-order valence-electron chi connectivity index (χ1n) is 18.1. The van der Waals surface area contributed by atoms with Gasteiger partial charge in [-0.15, -0.1) is 0 Å². The number of hydrogen-bond donors (Lipinski definition) is 3. The van der Waals surface area contributed by atoms with Gasteiger partial charge in [-0.25, -0.2) is 0 Å². The third kappa shape index (κ3) is 8.14. The van der Waals surface area contributed by atoms with E-state index in [0.29, 0.717) is 40.6 Å². The van der Waals surface area contributed by atoms with E-state index in [1.165, 1.54) is 26.2 Å². The van der Waals surface area contributed by atoms with Crippen LogP contribution in [0.5, 0.6) is 11.5 Å². The molecule has 0 radical (unpaired) electrons. The number of oxime groups is 1. The summed E-state index contributed by atoms with van der Waals surface area (Å²) in [6.45, 7) is 5.55. The minimum atomic E-state index is -1.12. The van der Waals surface area contributed by atoms with Gasteiger partial charge in [0.2, 0.25) is 23.5 Å². The fourth-order valence-corrected chi connectivity index (χ4v) is 7.69. The molecule has 4 aliphatic rings. The summed E-state index contributed by atoms with van der Waals surface area (Å²) in [5.74, 6) is -1.97. The summed E-state index contributed by atoms with van der Waals surface area (Å²) >= 11 is 6.48. The molecule has 53 heavy (non-hydrogen) atoms. The number of carbonyl (C=O) groups excluding carboxylic acids is 5. The molecule has 2 saturated carbocycles. The molecule has 14 heteroatoms. The molecular weight excluding hydrogens is 702 g/mol. The maximum Gasteiger partial charge on any atom is 0.289 e. The highest BCUT2D eigenvalue weighted by Crippen LogP contribution is 2.48. The summed E-state index contributed by atoms with van der Waals surface area (Å²) < 4.78 is 11.0. The number of halogens is 1. The van der Waals surface area contributed by atoms with Crippen LogP contribution in [0.1, 0.15) is 76.3 Å². The van der Waals surface area contributed by atoms with Gasteiger partial charge in [0.25, 0.3) is 5.91 Å². The molecule has 2 aromatic rings. The quantitative estimate of drug-likeness (QED) is 0.261. The molecule has 0 aromatic heterocycles. The topological polar surface area (TPSA) is 165 Å². The third-order valence-electron chi connectivity index (χ3n) is 10.7. The number of carbonyl (C=O) groups is 5. The van der Waals surface area contributed by atoms with Crippen molar-refractivity contribution in [2.75, 3.05) is 27.8 Å². The third-order valence-corrected chi connectivity index (χ3v) is 11.0. The van der Waals surface area contributed by atoms with Crippen molar-refractivity contribution in [1.82, 2.24) is 20.9 Å². The van der Waals surface area contributed by atoms with Gasteiger partial charge in [-0.05, 0) is 41.7 Å². The molecule has 4 amide bonds. The van der Waals surface area contributed by atoms with Crippen molar-refractivity contribution in [3.05, 3.63) is 58.6 Å². The predicted molar refractivity (Wildman–Crippen MR) is 197 cm³/mol. The van der Waals surface area contributed by atoms with Crippen LogP contribution in [-0.2, 0) is 28.8 Å². The molecule has 2 aliphatic carbocycles. The zero-order valence-electron chi connectivity index (χ0n) is 31.0. The second kappa shape index (κ2) is 15.0. The van der Waals surface area contributed by atoms with Crippen molar-refractivity contribution in [2.45, 2.75) is 88.9 Å². The Morgan fingerprint density at radius 3 is 2.34 bits per heavy atom. The molecule has 3 N–H and O–H groups in total. The molecule has 2 aromatic carbocycles. The van der Waals surface area contributed by atoms with E-state index in [9.17, 15) is 24.0 Å². The largest absolute Gasteiger partial charge is 0.496 e. The van der Waals surface area contributed by atoms with E-state index in [2.05, 4.69) is 21.1 Å². The van der Waals surface area contributed by atoms with E-state index in [1.54, 1.807) is 12.1 Å². The monoisotopic (exact) mass is 749 g/mol. The lowest BCUT2D eigenvalue weighted by Gasteiger charge is -2.35. The standard InChI is InChI=1S/C39H48ClN5O8/c1-38(2,3)33(43-34(47)24-15-23(24)22-10-8-7-9-11-22)37(50)45-20-39(18-28(44-53-39)25-16-26(40)31(52-6)17-30(25)51-5)19-29(45)35(48)42-27(14-21-12-13-21)32(46)36(49)41-4/h7-11,16-17,21,23-24,27,29,33H,12-15,18-20H2,1-6H3,(H,41,49)(H,42,48)(H,43,47)/t23?,24-,27-,29-,33+,39+/m0/s1. The van der Waals surface area contributed by atoms with Crippen molar-refractivity contribution in [2.24, 2.45) is 22.4 Å². The van der Waals surface area contributed by atoms with E-state index in [-0.39, 0.29) is 43.0 Å². The number of hydrogen-bond acceptors (Lipinski definition) is 9. The molecule has 6 atom stereocenters. The van der Waals surface area contributed by atoms with E-state index < -0.39 is 52.6 Å². The minimum Gasteiger partial charge on any atom is -0.496 e. The Balaban J connectivity index is 1.28. The van der Waals surface area contributed by atoms with E-state index in [0.717, 1.165) is 18.4 Å². The van der Waals surface area contributed by atoms with Crippen molar-refractivity contribution < 1.29 is 38.3 Å². The number of likely N-dealkylation sites (N-methyl/N-ethyl adjacent to an activating group) is 1. The Kier molecular flexibility index (Phi) is 10.8. The van der Waals surface area contributed by atoms with Crippen LogP contribution in [0.3, 0.4) is 0 Å². The van der Waals surface area contributed by atoms with Crippen LogP contribution in [0, 0.1) is 17.3 Å². The van der Waals surface area contributed by atoms with E-state index in [1.807, 2.05) is 51.1 Å². The van der Waals surface area contributed by atoms with Crippen LogP contribution in [0.4, 0.5) is 0 Å². The zero-order chi connectivity index (χ0) is 38.2. The SMILES string of the molecule is CNC(=O)C(=O)[C@H](CC1CC1)NC(=O)[C@@H]1C[C@]2(CC(c3cc(Cl)c(OC)cc3OC)=NO2)CN1C(=O)[C@@H](NC(=O)[C@H]1CC1c1ccccc1)C(C)(C)C. The number of ketones is 1. The lowest BCUT2D eigenvalue weighted by Crippen LogP contribution is -2.59. The second-order valence-electron chi connectivity index (χ2n) is 15.7. The molecule has 1 unspecified atom stereocenters. The molecule has 1 spiro atoms. The lowest BCUT2D eigenvalue weighted by atomic mass is 9.85. The van der Waals surface area contributed by atoms with E-state index in [4.69, 9.17) is 25.9 Å². The summed E-state index contributed by atoms with van der Waals surface area (Å²) in [6, 6.07) is 9.96. The maximum absolute atomic E-state index is 14.8. The van der Waals surface area contributed by atoms with Gasteiger partial charge in [-0.3, -0.25) is 24.0 Å². The number of methoxy groups -OCH3 is 2. The molecule has 6 rings (SSSR count). The van der Waals surface area contributed by atoms with Gasteiger partial charge in [0.05, 0.1) is 37.5 Å². The molecule has 2 aliphatic heterocycles. The molecule has 1 saturated heterocycles. The van der Waals surface area contributed by atoms with E-state index >= 15 is 0 Å². The Hall–Kier alpha value is -4.65. The Bertz CT molecular complexity index is 1810. The highest BCUT2D eigenvalue weighted by atomic mass is 35.5. The second-order valence-corrected chi connectivity index (χ2v) is 16.1.